The summed E-state index contributed by atoms with van der Waals surface area (Å²) >= 11 is 6.00. The van der Waals surface area contributed by atoms with Crippen LogP contribution in [0.15, 0.2) is 48.8 Å². The number of benzene rings is 1. The smallest absolute Gasteiger partial charge is 0.410 e. The Labute approximate surface area is 186 Å². The molecule has 0 bridgehead atoms. The van der Waals surface area contributed by atoms with E-state index in [0.717, 1.165) is 16.5 Å². The molecule has 2 aromatic heterocycles. The molecule has 0 aliphatic rings. The van der Waals surface area contributed by atoms with Gasteiger partial charge < -0.3 is 19.9 Å². The van der Waals surface area contributed by atoms with E-state index in [1.807, 2.05) is 39.0 Å². The number of aromatic amines is 1. The summed E-state index contributed by atoms with van der Waals surface area (Å²) in [4.78, 5) is 33.9. The number of fused-ring (bicyclic) bond motifs is 1. The van der Waals surface area contributed by atoms with Crippen molar-refractivity contribution in [1.29, 1.82) is 0 Å². The number of hydrogen-bond donors (Lipinski definition) is 2. The van der Waals surface area contributed by atoms with Gasteiger partial charge in [-0.1, -0.05) is 23.7 Å². The summed E-state index contributed by atoms with van der Waals surface area (Å²) in [5, 5.41) is 4.41. The predicted molar refractivity (Wildman–Crippen MR) is 121 cm³/mol. The van der Waals surface area contributed by atoms with Crippen molar-refractivity contribution in [1.82, 2.24) is 20.2 Å². The van der Waals surface area contributed by atoms with Crippen LogP contribution in [0, 0.1) is 0 Å². The first-order chi connectivity index (χ1) is 14.7. The molecule has 0 spiro atoms. The van der Waals surface area contributed by atoms with Crippen molar-refractivity contribution < 1.29 is 14.3 Å². The molecule has 0 saturated carbocycles. The number of nitrogens with one attached hydrogen (secondary N) is 2. The maximum atomic E-state index is 12.6. The fourth-order valence-electron chi connectivity index (χ4n) is 3.06. The first-order valence-electron chi connectivity index (χ1n) is 10.1. The molecule has 0 aliphatic heterocycles. The number of hydrogen-bond acceptors (Lipinski definition) is 4. The number of pyridine rings is 1. The highest BCUT2D eigenvalue weighted by Crippen LogP contribution is 2.20. The van der Waals surface area contributed by atoms with E-state index in [4.69, 9.17) is 16.3 Å². The largest absolute Gasteiger partial charge is 0.444 e. The molecule has 0 fully saturated rings. The van der Waals surface area contributed by atoms with Crippen molar-refractivity contribution in [2.45, 2.75) is 39.3 Å². The molecule has 2 amide bonds. The molecule has 0 unspecified atom stereocenters. The summed E-state index contributed by atoms with van der Waals surface area (Å²) < 4.78 is 5.53. The molecule has 164 valence electrons. The van der Waals surface area contributed by atoms with Crippen LogP contribution in [0.4, 0.5) is 4.79 Å². The third-order valence-electron chi connectivity index (χ3n) is 4.47. The lowest BCUT2D eigenvalue weighted by Gasteiger charge is -2.27. The van der Waals surface area contributed by atoms with Crippen LogP contribution in [0.25, 0.3) is 10.9 Å². The number of nitrogens with zero attached hydrogens (tertiary/aromatic N) is 2. The van der Waals surface area contributed by atoms with E-state index in [9.17, 15) is 9.59 Å². The highest BCUT2D eigenvalue weighted by Gasteiger charge is 2.22. The van der Waals surface area contributed by atoms with E-state index in [-0.39, 0.29) is 5.91 Å². The second-order valence-electron chi connectivity index (χ2n) is 8.29. The van der Waals surface area contributed by atoms with E-state index in [0.29, 0.717) is 36.8 Å². The van der Waals surface area contributed by atoms with Gasteiger partial charge >= 0.3 is 6.09 Å². The van der Waals surface area contributed by atoms with E-state index in [2.05, 4.69) is 15.3 Å². The van der Waals surface area contributed by atoms with E-state index >= 15 is 0 Å². The van der Waals surface area contributed by atoms with Crippen LogP contribution in [0.1, 0.15) is 43.2 Å². The lowest BCUT2D eigenvalue weighted by atomic mass is 10.2. The zero-order chi connectivity index (χ0) is 22.4. The van der Waals surface area contributed by atoms with Gasteiger partial charge in [0, 0.05) is 41.4 Å². The van der Waals surface area contributed by atoms with Crippen LogP contribution >= 0.6 is 11.6 Å². The normalized spacial score (nSPS) is 11.4. The molecule has 1 aromatic carbocycles. The zero-order valence-electron chi connectivity index (χ0n) is 17.9. The van der Waals surface area contributed by atoms with Crippen molar-refractivity contribution >= 4 is 34.5 Å². The van der Waals surface area contributed by atoms with Gasteiger partial charge in [-0.25, -0.2) is 4.79 Å². The third kappa shape index (κ3) is 6.72. The van der Waals surface area contributed by atoms with E-state index in [1.54, 1.807) is 35.5 Å². The second kappa shape index (κ2) is 9.83. The maximum Gasteiger partial charge on any atom is 0.410 e. The molecule has 0 radical (unpaired) electrons. The molecule has 7 nitrogen and oxygen atoms in total. The Bertz CT molecular complexity index is 1040. The summed E-state index contributed by atoms with van der Waals surface area (Å²) in [5.74, 6) is -0.205. The van der Waals surface area contributed by atoms with Crippen LogP contribution in [0.3, 0.4) is 0 Å². The van der Waals surface area contributed by atoms with Crippen LogP contribution in [-0.2, 0) is 11.3 Å². The predicted octanol–water partition coefficient (Wildman–Crippen LogP) is 4.77. The minimum Gasteiger partial charge on any atom is -0.444 e. The lowest BCUT2D eigenvalue weighted by molar-refractivity contribution is 0.0232. The summed E-state index contributed by atoms with van der Waals surface area (Å²) in [6, 6.07) is 11.0. The van der Waals surface area contributed by atoms with Crippen LogP contribution in [0.5, 0.6) is 0 Å². The van der Waals surface area contributed by atoms with Crippen molar-refractivity contribution in [3.63, 3.8) is 0 Å². The average Bonchev–Trinajstić information content (AvgIpc) is 3.13. The topological polar surface area (TPSA) is 87.3 Å². The van der Waals surface area contributed by atoms with E-state index < -0.39 is 11.7 Å². The van der Waals surface area contributed by atoms with Gasteiger partial charge in [0.1, 0.15) is 11.3 Å². The summed E-state index contributed by atoms with van der Waals surface area (Å²) in [5.41, 5.74) is 1.60. The van der Waals surface area contributed by atoms with Gasteiger partial charge in [-0.15, -0.1) is 0 Å². The maximum absolute atomic E-state index is 12.6. The Morgan fingerprint density at radius 2 is 2.03 bits per heavy atom. The summed E-state index contributed by atoms with van der Waals surface area (Å²) in [7, 11) is 0. The Morgan fingerprint density at radius 3 is 2.74 bits per heavy atom. The number of halogens is 1. The molecule has 0 atom stereocenters. The molecule has 31 heavy (non-hydrogen) atoms. The van der Waals surface area contributed by atoms with Gasteiger partial charge in [-0.05, 0) is 57.0 Å². The third-order valence-corrected chi connectivity index (χ3v) is 4.70. The Morgan fingerprint density at radius 1 is 1.23 bits per heavy atom. The summed E-state index contributed by atoms with van der Waals surface area (Å²) in [6.45, 7) is 6.75. The minimum atomic E-state index is -0.586. The van der Waals surface area contributed by atoms with Crippen LogP contribution in [-0.4, -0.2) is 45.6 Å². The van der Waals surface area contributed by atoms with Gasteiger partial charge in [-0.3, -0.25) is 9.78 Å². The molecule has 3 aromatic rings. The Hall–Kier alpha value is -3.06. The molecule has 8 heteroatoms. The van der Waals surface area contributed by atoms with Crippen molar-refractivity contribution in [2.75, 3.05) is 13.1 Å². The quantitative estimate of drug-likeness (QED) is 0.516. The number of aromatic nitrogens is 2. The number of rotatable bonds is 7. The van der Waals surface area contributed by atoms with Gasteiger partial charge in [0.25, 0.3) is 5.91 Å². The van der Waals surface area contributed by atoms with Gasteiger partial charge in [0.2, 0.25) is 0 Å². The number of carbonyl (C=O) groups excluding carboxylic acids is 2. The summed E-state index contributed by atoms with van der Waals surface area (Å²) in [6.07, 6.45) is 3.60. The van der Waals surface area contributed by atoms with Crippen molar-refractivity contribution in [3.8, 4) is 0 Å². The molecule has 0 saturated heterocycles. The molecule has 2 heterocycles. The fraction of sp³-hybridized carbons (Fsp3) is 0.348. The van der Waals surface area contributed by atoms with Gasteiger partial charge in [0.15, 0.2) is 0 Å². The molecule has 0 aliphatic carbocycles. The van der Waals surface area contributed by atoms with E-state index in [1.165, 1.54) is 0 Å². The molecular formula is C23H27ClN4O3. The first kappa shape index (κ1) is 22.6. The number of H-pyrrole nitrogens is 1. The fourth-order valence-corrected chi connectivity index (χ4v) is 3.23. The SMILES string of the molecule is CC(C)(C)OC(=O)N(CCCNC(=O)c1cc2ccc(Cl)cc2[nH]1)Cc1cccnc1. The number of ether oxygens (including phenoxy) is 1. The molecular weight excluding hydrogens is 416 g/mol. The molecule has 3 rings (SSSR count). The van der Waals surface area contributed by atoms with Crippen LogP contribution < -0.4 is 5.32 Å². The van der Waals surface area contributed by atoms with Crippen LogP contribution in [0.2, 0.25) is 5.02 Å². The van der Waals surface area contributed by atoms with Gasteiger partial charge in [0.05, 0.1) is 6.54 Å². The zero-order valence-corrected chi connectivity index (χ0v) is 18.7. The van der Waals surface area contributed by atoms with Crippen molar-refractivity contribution in [3.05, 3.63) is 65.1 Å². The Kier molecular flexibility index (Phi) is 7.17. The standard InChI is InChI=1S/C23H27ClN4O3/c1-23(2,3)31-22(30)28(15-16-6-4-9-25-14-16)11-5-10-26-21(29)20-12-17-7-8-18(24)13-19(17)27-20/h4,6-9,12-14,27H,5,10-11,15H2,1-3H3,(H,26,29). The van der Waals surface area contributed by atoms with Crippen molar-refractivity contribution in [2.24, 2.45) is 0 Å². The Balaban J connectivity index is 1.56. The number of amides is 2. The number of carbonyl (C=O) groups is 2. The highest BCUT2D eigenvalue weighted by molar-refractivity contribution is 6.31. The second-order valence-corrected chi connectivity index (χ2v) is 8.72. The average molecular weight is 443 g/mol. The monoisotopic (exact) mass is 442 g/mol. The molecule has 2 N–H and O–H groups in total. The minimum absolute atomic E-state index is 0.205. The van der Waals surface area contributed by atoms with Gasteiger partial charge in [-0.2, -0.15) is 0 Å². The lowest BCUT2D eigenvalue weighted by Crippen LogP contribution is -2.38. The highest BCUT2D eigenvalue weighted by atomic mass is 35.5. The first-order valence-corrected chi connectivity index (χ1v) is 10.5.